The summed E-state index contributed by atoms with van der Waals surface area (Å²) in [6.07, 6.45) is 3.81. The summed E-state index contributed by atoms with van der Waals surface area (Å²) in [6.45, 7) is 1.85. The molecule has 2 aromatic carbocycles. The minimum absolute atomic E-state index is 0.204. The summed E-state index contributed by atoms with van der Waals surface area (Å²) in [5.41, 5.74) is 2.01. The fourth-order valence-corrected chi connectivity index (χ4v) is 4.13. The third-order valence-electron chi connectivity index (χ3n) is 5.73. The Morgan fingerprint density at radius 2 is 1.78 bits per heavy atom. The van der Waals surface area contributed by atoms with Crippen molar-refractivity contribution in [2.24, 2.45) is 0 Å². The van der Waals surface area contributed by atoms with Crippen LogP contribution in [0.3, 0.4) is 0 Å². The summed E-state index contributed by atoms with van der Waals surface area (Å²) < 4.78 is 0. The first-order chi connectivity index (χ1) is 13.0. The van der Waals surface area contributed by atoms with Crippen LogP contribution in [0.2, 0.25) is 0 Å². The Morgan fingerprint density at radius 3 is 2.44 bits per heavy atom. The fraction of sp³-hybridized carbons (Fsp3) is 0.364. The van der Waals surface area contributed by atoms with Gasteiger partial charge in [0.25, 0.3) is 0 Å². The summed E-state index contributed by atoms with van der Waals surface area (Å²) in [5.74, 6) is 1.58. The normalized spacial score (nSPS) is 24.6. The topological polar surface area (TPSA) is 78.3 Å². The molecule has 0 unspecified atom stereocenters. The Labute approximate surface area is 158 Å². The molecule has 2 saturated carbocycles. The van der Waals surface area contributed by atoms with Crippen LogP contribution in [0.25, 0.3) is 22.0 Å². The van der Waals surface area contributed by atoms with Crippen molar-refractivity contribution in [3.05, 3.63) is 48.0 Å². The molecule has 0 atom stereocenters. The van der Waals surface area contributed by atoms with E-state index in [9.17, 15) is 10.2 Å². The molecule has 2 aliphatic rings. The van der Waals surface area contributed by atoms with Gasteiger partial charge in [-0.1, -0.05) is 30.3 Å². The largest absolute Gasteiger partial charge is 0.507 e. The summed E-state index contributed by atoms with van der Waals surface area (Å²) in [6, 6.07) is 14.1. The van der Waals surface area contributed by atoms with Crippen molar-refractivity contribution in [1.29, 1.82) is 0 Å². The number of phenols is 1. The Bertz CT molecular complexity index is 1020. The maximum atomic E-state index is 10.6. The molecular weight excluding hydrogens is 338 g/mol. The number of benzene rings is 2. The van der Waals surface area contributed by atoms with Crippen LogP contribution in [0.1, 0.15) is 44.1 Å². The Hall–Kier alpha value is -2.66. The van der Waals surface area contributed by atoms with Crippen molar-refractivity contribution in [3.8, 4) is 17.0 Å². The highest BCUT2D eigenvalue weighted by Gasteiger charge is 2.38. The Morgan fingerprint density at radius 1 is 1.04 bits per heavy atom. The number of nitrogens with one attached hydrogen (secondary N) is 1. The Kier molecular flexibility index (Phi) is 3.62. The molecule has 3 aromatic rings. The molecule has 1 aromatic heterocycles. The summed E-state index contributed by atoms with van der Waals surface area (Å²) in [5, 5.41) is 34.7. The molecular formula is C22H23N3O2. The molecule has 0 saturated heterocycles. The van der Waals surface area contributed by atoms with Gasteiger partial charge < -0.3 is 15.5 Å². The van der Waals surface area contributed by atoms with E-state index in [-0.39, 0.29) is 11.8 Å². The first kappa shape index (κ1) is 16.5. The summed E-state index contributed by atoms with van der Waals surface area (Å²) in [4.78, 5) is 0. The molecule has 27 heavy (non-hydrogen) atoms. The number of aliphatic hydroxyl groups is 1. The second-order valence-electron chi connectivity index (χ2n) is 8.24. The second kappa shape index (κ2) is 5.92. The van der Waals surface area contributed by atoms with Crippen LogP contribution in [-0.2, 0) is 0 Å². The van der Waals surface area contributed by atoms with E-state index >= 15 is 0 Å². The van der Waals surface area contributed by atoms with Gasteiger partial charge in [-0.05, 0) is 56.2 Å². The number of aromatic nitrogens is 2. The zero-order chi connectivity index (χ0) is 18.6. The van der Waals surface area contributed by atoms with Gasteiger partial charge in [0.2, 0.25) is 0 Å². The number of phenolic OH excluding ortho intramolecular Hbond substituents is 1. The monoisotopic (exact) mass is 361 g/mol. The van der Waals surface area contributed by atoms with Gasteiger partial charge in [-0.2, -0.15) is 0 Å². The molecule has 5 nitrogen and oxygen atoms in total. The maximum absolute atomic E-state index is 10.6. The van der Waals surface area contributed by atoms with Crippen LogP contribution in [0, 0.1) is 0 Å². The van der Waals surface area contributed by atoms with Crippen molar-refractivity contribution < 1.29 is 10.2 Å². The highest BCUT2D eigenvalue weighted by atomic mass is 16.3. The lowest BCUT2D eigenvalue weighted by Gasteiger charge is -2.41. The van der Waals surface area contributed by atoms with Crippen LogP contribution in [0.15, 0.2) is 42.5 Å². The number of hydrogen-bond acceptors (Lipinski definition) is 5. The molecule has 3 N–H and O–H groups in total. The lowest BCUT2D eigenvalue weighted by atomic mass is 9.77. The number of anilines is 1. The lowest BCUT2D eigenvalue weighted by molar-refractivity contribution is -0.0235. The van der Waals surface area contributed by atoms with Gasteiger partial charge in [0, 0.05) is 22.4 Å². The van der Waals surface area contributed by atoms with Gasteiger partial charge >= 0.3 is 0 Å². The molecule has 0 radical (unpaired) electrons. The third-order valence-corrected chi connectivity index (χ3v) is 5.73. The highest BCUT2D eigenvalue weighted by Crippen LogP contribution is 2.43. The minimum atomic E-state index is -0.587. The van der Waals surface area contributed by atoms with Crippen molar-refractivity contribution in [1.82, 2.24) is 10.2 Å². The molecule has 0 amide bonds. The van der Waals surface area contributed by atoms with Crippen LogP contribution >= 0.6 is 0 Å². The molecule has 2 fully saturated rings. The van der Waals surface area contributed by atoms with Crippen LogP contribution < -0.4 is 5.32 Å². The average molecular weight is 361 g/mol. The van der Waals surface area contributed by atoms with Crippen LogP contribution in [0.4, 0.5) is 5.82 Å². The summed E-state index contributed by atoms with van der Waals surface area (Å²) in [7, 11) is 0. The van der Waals surface area contributed by atoms with Gasteiger partial charge in [-0.3, -0.25) is 0 Å². The SMILES string of the molecule is C[C@]1(O)C[C@@H](Nc2nnc(-c3ccc(C4CC4)cc3O)c3ccccc23)C1. The number of fused-ring (bicyclic) bond motifs is 1. The van der Waals surface area contributed by atoms with Crippen molar-refractivity contribution in [2.75, 3.05) is 5.32 Å². The van der Waals surface area contributed by atoms with Crippen molar-refractivity contribution in [2.45, 2.75) is 50.2 Å². The van der Waals surface area contributed by atoms with E-state index in [1.165, 1.54) is 18.4 Å². The number of rotatable bonds is 4. The maximum Gasteiger partial charge on any atom is 0.156 e. The highest BCUT2D eigenvalue weighted by molar-refractivity contribution is 6.00. The van der Waals surface area contributed by atoms with Gasteiger partial charge in [0.15, 0.2) is 5.82 Å². The first-order valence-corrected chi connectivity index (χ1v) is 9.58. The molecule has 138 valence electrons. The van der Waals surface area contributed by atoms with Crippen LogP contribution in [0.5, 0.6) is 5.75 Å². The molecule has 5 heteroatoms. The summed E-state index contributed by atoms with van der Waals surface area (Å²) >= 11 is 0. The van der Waals surface area contributed by atoms with E-state index in [0.717, 1.165) is 16.6 Å². The van der Waals surface area contributed by atoms with Gasteiger partial charge in [0.05, 0.1) is 5.60 Å². The average Bonchev–Trinajstić information content (AvgIpc) is 3.46. The van der Waals surface area contributed by atoms with Gasteiger partial charge in [-0.25, -0.2) is 0 Å². The van der Waals surface area contributed by atoms with E-state index in [4.69, 9.17) is 0 Å². The zero-order valence-electron chi connectivity index (χ0n) is 15.3. The standard InChI is InChI=1S/C22H23N3O2/c1-22(27)11-15(12-22)23-21-17-5-3-2-4-16(17)20(24-25-21)18-9-8-14(10-19(18)26)13-6-7-13/h2-5,8-10,13,15,26-27H,6-7,11-12H2,1H3,(H,23,25)/t15-,22+. The predicted molar refractivity (Wildman–Crippen MR) is 106 cm³/mol. The second-order valence-corrected chi connectivity index (χ2v) is 8.24. The number of aromatic hydroxyl groups is 1. The molecule has 0 aliphatic heterocycles. The molecule has 2 aliphatic carbocycles. The van der Waals surface area contributed by atoms with Crippen LogP contribution in [-0.4, -0.2) is 32.1 Å². The van der Waals surface area contributed by atoms with Crippen molar-refractivity contribution >= 4 is 16.6 Å². The fourth-order valence-electron chi connectivity index (χ4n) is 4.13. The third kappa shape index (κ3) is 3.02. The van der Waals surface area contributed by atoms with Gasteiger partial charge in [-0.15, -0.1) is 10.2 Å². The van der Waals surface area contributed by atoms with Crippen molar-refractivity contribution in [3.63, 3.8) is 0 Å². The van der Waals surface area contributed by atoms with E-state index in [0.29, 0.717) is 30.0 Å². The smallest absolute Gasteiger partial charge is 0.156 e. The molecule has 0 bridgehead atoms. The molecule has 0 spiro atoms. The lowest BCUT2D eigenvalue weighted by Crippen LogP contribution is -2.48. The van der Waals surface area contributed by atoms with E-state index in [1.807, 2.05) is 43.3 Å². The number of nitrogens with zero attached hydrogens (tertiary/aromatic N) is 2. The quantitative estimate of drug-likeness (QED) is 0.649. The minimum Gasteiger partial charge on any atom is -0.507 e. The van der Waals surface area contributed by atoms with Gasteiger partial charge in [0.1, 0.15) is 11.4 Å². The first-order valence-electron chi connectivity index (χ1n) is 9.58. The predicted octanol–water partition coefficient (Wildman–Crippen LogP) is 4.21. The number of hydrogen-bond donors (Lipinski definition) is 3. The Balaban J connectivity index is 1.53. The zero-order valence-corrected chi connectivity index (χ0v) is 15.3. The molecule has 5 rings (SSSR count). The van der Waals surface area contributed by atoms with E-state index in [2.05, 4.69) is 21.6 Å². The molecule has 1 heterocycles. The van der Waals surface area contributed by atoms with E-state index in [1.54, 1.807) is 0 Å². The van der Waals surface area contributed by atoms with E-state index < -0.39 is 5.60 Å².